The van der Waals surface area contributed by atoms with Crippen LogP contribution in [0.25, 0.3) is 10.9 Å². The van der Waals surface area contributed by atoms with Crippen LogP contribution in [-0.2, 0) is 6.42 Å². The smallest absolute Gasteiger partial charge is 0.0658 e. The van der Waals surface area contributed by atoms with Crippen LogP contribution in [0.1, 0.15) is 43.0 Å². The second kappa shape index (κ2) is 4.60. The fourth-order valence-corrected chi connectivity index (χ4v) is 5.29. The third kappa shape index (κ3) is 1.65. The molecule has 3 heteroatoms. The standard InChI is InChI=1S/C19H21N3/c20-11-12-5-6-14-9-13(12)10-18-19-16(7-8-22(14)18)15-3-1-2-4-17(15)21-19/h1-4,12-14,18,21H,5-10H2/t12-,13-,14+,18+/m0/s1. The van der Waals surface area contributed by atoms with Gasteiger partial charge < -0.3 is 4.98 Å². The summed E-state index contributed by atoms with van der Waals surface area (Å²) in [5.41, 5.74) is 4.26. The Morgan fingerprint density at radius 2 is 2.09 bits per heavy atom. The first-order valence-electron chi connectivity index (χ1n) is 8.60. The van der Waals surface area contributed by atoms with E-state index in [1.54, 1.807) is 0 Å². The summed E-state index contributed by atoms with van der Waals surface area (Å²) in [6.07, 6.45) is 5.88. The lowest BCUT2D eigenvalue weighted by atomic mass is 9.69. The van der Waals surface area contributed by atoms with Crippen LogP contribution in [0.2, 0.25) is 0 Å². The Labute approximate surface area is 130 Å². The molecule has 0 spiro atoms. The highest BCUT2D eigenvalue weighted by Crippen LogP contribution is 2.49. The number of nitrogens with zero attached hydrogens (tertiary/aromatic N) is 2. The number of aromatic nitrogens is 1. The highest BCUT2D eigenvalue weighted by molar-refractivity contribution is 5.85. The van der Waals surface area contributed by atoms with Crippen molar-refractivity contribution in [1.82, 2.24) is 9.88 Å². The van der Waals surface area contributed by atoms with Crippen molar-refractivity contribution in [2.24, 2.45) is 11.8 Å². The molecule has 2 aromatic rings. The molecule has 1 saturated carbocycles. The van der Waals surface area contributed by atoms with Gasteiger partial charge in [0, 0.05) is 35.1 Å². The average Bonchev–Trinajstić information content (AvgIpc) is 2.94. The number of rotatable bonds is 0. The highest BCUT2D eigenvalue weighted by atomic mass is 15.2. The van der Waals surface area contributed by atoms with Gasteiger partial charge in [-0.1, -0.05) is 18.2 Å². The number of hydrogen-bond acceptors (Lipinski definition) is 2. The number of nitriles is 1. The molecule has 3 nitrogen and oxygen atoms in total. The van der Waals surface area contributed by atoms with E-state index >= 15 is 0 Å². The minimum atomic E-state index is 0.285. The molecule has 4 atom stereocenters. The zero-order valence-electron chi connectivity index (χ0n) is 12.8. The molecular weight excluding hydrogens is 270 g/mol. The van der Waals surface area contributed by atoms with Gasteiger partial charge in [0.25, 0.3) is 0 Å². The first kappa shape index (κ1) is 12.7. The fraction of sp³-hybridized carbons (Fsp3) is 0.526. The summed E-state index contributed by atoms with van der Waals surface area (Å²) in [5, 5.41) is 10.8. The molecule has 0 unspecified atom stereocenters. The average molecular weight is 291 g/mol. The Kier molecular flexibility index (Phi) is 2.66. The molecule has 2 aliphatic heterocycles. The van der Waals surface area contributed by atoms with Crippen molar-refractivity contribution < 1.29 is 0 Å². The Bertz CT molecular complexity index is 769. The molecule has 3 heterocycles. The minimum absolute atomic E-state index is 0.285. The number of nitrogens with one attached hydrogen (secondary N) is 1. The summed E-state index contributed by atoms with van der Waals surface area (Å²) < 4.78 is 0. The summed E-state index contributed by atoms with van der Waals surface area (Å²) in [7, 11) is 0. The van der Waals surface area contributed by atoms with Crippen LogP contribution in [0.4, 0.5) is 0 Å². The lowest BCUT2D eigenvalue weighted by molar-refractivity contribution is -0.00107. The van der Waals surface area contributed by atoms with Crippen molar-refractivity contribution >= 4 is 10.9 Å². The predicted octanol–water partition coefficient (Wildman–Crippen LogP) is 3.78. The van der Waals surface area contributed by atoms with Crippen molar-refractivity contribution in [3.05, 3.63) is 35.5 Å². The first-order valence-corrected chi connectivity index (χ1v) is 8.60. The largest absolute Gasteiger partial charge is 0.357 e. The van der Waals surface area contributed by atoms with Gasteiger partial charge in [-0.25, -0.2) is 0 Å². The first-order chi connectivity index (χ1) is 10.8. The van der Waals surface area contributed by atoms with E-state index in [1.807, 2.05) is 0 Å². The van der Waals surface area contributed by atoms with E-state index in [1.165, 1.54) is 48.0 Å². The number of benzene rings is 1. The van der Waals surface area contributed by atoms with Gasteiger partial charge in [0.05, 0.1) is 12.1 Å². The van der Waals surface area contributed by atoms with E-state index in [9.17, 15) is 5.26 Å². The molecule has 0 amide bonds. The second-order valence-electron chi connectivity index (χ2n) is 7.26. The maximum Gasteiger partial charge on any atom is 0.0658 e. The summed E-state index contributed by atoms with van der Waals surface area (Å²) in [6, 6.07) is 12.5. The van der Waals surface area contributed by atoms with Crippen LogP contribution in [-0.4, -0.2) is 22.5 Å². The fourth-order valence-electron chi connectivity index (χ4n) is 5.29. The Morgan fingerprint density at radius 1 is 1.18 bits per heavy atom. The van der Waals surface area contributed by atoms with Crippen molar-refractivity contribution in [3.63, 3.8) is 0 Å². The number of piperidine rings is 1. The molecule has 1 aliphatic carbocycles. The highest BCUT2D eigenvalue weighted by Gasteiger charge is 2.45. The summed E-state index contributed by atoms with van der Waals surface area (Å²) in [5.74, 6) is 0.885. The third-order valence-corrected chi connectivity index (χ3v) is 6.32. The maximum atomic E-state index is 9.44. The topological polar surface area (TPSA) is 42.8 Å². The van der Waals surface area contributed by atoms with E-state index in [2.05, 4.69) is 40.2 Å². The van der Waals surface area contributed by atoms with Crippen LogP contribution in [0.15, 0.2) is 24.3 Å². The van der Waals surface area contributed by atoms with Gasteiger partial charge in [-0.05, 0) is 49.7 Å². The maximum absolute atomic E-state index is 9.44. The van der Waals surface area contributed by atoms with E-state index in [-0.39, 0.29) is 5.92 Å². The van der Waals surface area contributed by atoms with Crippen molar-refractivity contribution in [2.45, 2.75) is 44.2 Å². The van der Waals surface area contributed by atoms with Crippen LogP contribution in [0, 0.1) is 23.2 Å². The molecule has 112 valence electrons. The lowest BCUT2D eigenvalue weighted by Gasteiger charge is -2.51. The van der Waals surface area contributed by atoms with E-state index in [0.29, 0.717) is 18.0 Å². The van der Waals surface area contributed by atoms with Gasteiger partial charge in [-0.3, -0.25) is 4.90 Å². The number of H-pyrrole nitrogens is 1. The van der Waals surface area contributed by atoms with Gasteiger partial charge in [0.1, 0.15) is 0 Å². The number of para-hydroxylation sites is 1. The summed E-state index contributed by atoms with van der Waals surface area (Å²) in [6.45, 7) is 1.19. The monoisotopic (exact) mass is 291 g/mol. The molecule has 5 rings (SSSR count). The molecule has 1 aromatic heterocycles. The molecular formula is C19H21N3. The second-order valence-corrected chi connectivity index (χ2v) is 7.26. The van der Waals surface area contributed by atoms with E-state index in [4.69, 9.17) is 0 Å². The molecule has 22 heavy (non-hydrogen) atoms. The Hall–Kier alpha value is -1.79. The van der Waals surface area contributed by atoms with E-state index in [0.717, 1.165) is 12.8 Å². The third-order valence-electron chi connectivity index (χ3n) is 6.32. The quantitative estimate of drug-likeness (QED) is 0.802. The summed E-state index contributed by atoms with van der Waals surface area (Å²) in [4.78, 5) is 6.45. The minimum Gasteiger partial charge on any atom is -0.357 e. The van der Waals surface area contributed by atoms with Crippen LogP contribution in [0.5, 0.6) is 0 Å². The normalized spacial score (nSPS) is 34.0. The lowest BCUT2D eigenvalue weighted by Crippen LogP contribution is -2.51. The molecule has 3 aliphatic rings. The number of aromatic amines is 1. The van der Waals surface area contributed by atoms with Crippen LogP contribution in [0.3, 0.4) is 0 Å². The van der Waals surface area contributed by atoms with Crippen molar-refractivity contribution in [1.29, 1.82) is 5.26 Å². The Morgan fingerprint density at radius 3 is 3.00 bits per heavy atom. The van der Waals surface area contributed by atoms with Crippen molar-refractivity contribution in [3.8, 4) is 6.07 Å². The van der Waals surface area contributed by atoms with Gasteiger partial charge in [-0.2, -0.15) is 5.26 Å². The number of hydrogen-bond donors (Lipinski definition) is 1. The Balaban J connectivity index is 1.60. The van der Waals surface area contributed by atoms with Gasteiger partial charge in [0.2, 0.25) is 0 Å². The van der Waals surface area contributed by atoms with Gasteiger partial charge in [-0.15, -0.1) is 0 Å². The van der Waals surface area contributed by atoms with Crippen LogP contribution < -0.4 is 0 Å². The molecule has 2 fully saturated rings. The molecule has 0 radical (unpaired) electrons. The molecule has 2 bridgehead atoms. The van der Waals surface area contributed by atoms with Gasteiger partial charge in [0.15, 0.2) is 0 Å². The molecule has 1 aromatic carbocycles. The van der Waals surface area contributed by atoms with Gasteiger partial charge >= 0.3 is 0 Å². The van der Waals surface area contributed by atoms with E-state index < -0.39 is 0 Å². The SMILES string of the molecule is N#C[C@@H]1CC[C@@H]2C[C@H]1C[C@@H]1c3[nH]c4ccccc4c3CCN21. The zero-order valence-corrected chi connectivity index (χ0v) is 12.8. The summed E-state index contributed by atoms with van der Waals surface area (Å²) >= 11 is 0. The number of fused-ring (bicyclic) bond motifs is 8. The predicted molar refractivity (Wildman–Crippen MR) is 86.3 cm³/mol. The van der Waals surface area contributed by atoms with Crippen LogP contribution >= 0.6 is 0 Å². The zero-order chi connectivity index (χ0) is 14.7. The molecule has 1 N–H and O–H groups in total. The molecule has 1 saturated heterocycles. The van der Waals surface area contributed by atoms with Crippen molar-refractivity contribution in [2.75, 3.05) is 6.54 Å².